The minimum atomic E-state index is -0.0158. The van der Waals surface area contributed by atoms with E-state index in [0.29, 0.717) is 19.6 Å². The van der Waals surface area contributed by atoms with Crippen LogP contribution in [0.3, 0.4) is 0 Å². The average molecular weight is 258 g/mol. The standard InChI is InChI=1S/C14H26O4/c1-13(15)7-3-2-5-9-16-11-12-18-14-8-4-6-10-17-14/h14H,2-12H2,1H3. The fourth-order valence-corrected chi connectivity index (χ4v) is 1.94. The predicted molar refractivity (Wildman–Crippen MR) is 69.5 cm³/mol. The molecule has 1 unspecified atom stereocenters. The summed E-state index contributed by atoms with van der Waals surface area (Å²) in [4.78, 5) is 10.7. The normalized spacial score (nSPS) is 19.9. The maximum Gasteiger partial charge on any atom is 0.157 e. The number of unbranched alkanes of at least 4 members (excludes halogenated alkanes) is 2. The van der Waals surface area contributed by atoms with Gasteiger partial charge in [0, 0.05) is 19.6 Å². The van der Waals surface area contributed by atoms with E-state index in [-0.39, 0.29) is 12.1 Å². The maximum atomic E-state index is 10.7. The molecular formula is C14H26O4. The zero-order valence-electron chi connectivity index (χ0n) is 11.5. The highest BCUT2D eigenvalue weighted by Gasteiger charge is 2.13. The van der Waals surface area contributed by atoms with Crippen molar-refractivity contribution in [3.8, 4) is 0 Å². The molecule has 1 aliphatic heterocycles. The third-order valence-electron chi connectivity index (χ3n) is 2.99. The summed E-state index contributed by atoms with van der Waals surface area (Å²) in [5.41, 5.74) is 0. The van der Waals surface area contributed by atoms with Gasteiger partial charge < -0.3 is 19.0 Å². The van der Waals surface area contributed by atoms with Crippen molar-refractivity contribution in [2.75, 3.05) is 26.4 Å². The SMILES string of the molecule is CC(=O)CCCCCOCCOC1CCCCO1. The van der Waals surface area contributed by atoms with Crippen molar-refractivity contribution >= 4 is 5.78 Å². The Bertz CT molecular complexity index is 212. The molecule has 18 heavy (non-hydrogen) atoms. The second kappa shape index (κ2) is 10.5. The molecule has 0 bridgehead atoms. The first-order valence-corrected chi connectivity index (χ1v) is 7.09. The molecular weight excluding hydrogens is 232 g/mol. The number of ketones is 1. The molecule has 0 amide bonds. The molecule has 0 N–H and O–H groups in total. The molecule has 0 aromatic rings. The van der Waals surface area contributed by atoms with Crippen LogP contribution in [0.2, 0.25) is 0 Å². The highest BCUT2D eigenvalue weighted by molar-refractivity contribution is 5.75. The Balaban J connectivity index is 1.76. The summed E-state index contributed by atoms with van der Waals surface area (Å²) in [5.74, 6) is 0.275. The van der Waals surface area contributed by atoms with Gasteiger partial charge in [0.25, 0.3) is 0 Å². The maximum absolute atomic E-state index is 10.7. The summed E-state index contributed by atoms with van der Waals surface area (Å²) < 4.78 is 16.5. The Morgan fingerprint density at radius 2 is 2.06 bits per heavy atom. The van der Waals surface area contributed by atoms with E-state index in [9.17, 15) is 4.79 Å². The number of carbonyl (C=O) groups excluding carboxylic acids is 1. The Morgan fingerprint density at radius 3 is 2.78 bits per heavy atom. The van der Waals surface area contributed by atoms with Gasteiger partial charge in [0.05, 0.1) is 13.2 Å². The van der Waals surface area contributed by atoms with Gasteiger partial charge in [-0.05, 0) is 39.0 Å². The molecule has 0 aliphatic carbocycles. The zero-order chi connectivity index (χ0) is 13.1. The van der Waals surface area contributed by atoms with Crippen molar-refractivity contribution < 1.29 is 19.0 Å². The predicted octanol–water partition coefficient (Wildman–Crippen LogP) is 2.70. The number of Topliss-reactive ketones (excluding diaryl/α,β-unsaturated/α-hetero) is 1. The van der Waals surface area contributed by atoms with E-state index in [1.54, 1.807) is 6.92 Å². The second-order valence-corrected chi connectivity index (χ2v) is 4.79. The van der Waals surface area contributed by atoms with Crippen LogP contribution in [-0.2, 0) is 19.0 Å². The van der Waals surface area contributed by atoms with Crippen LogP contribution in [0.1, 0.15) is 51.9 Å². The number of rotatable bonds is 10. The molecule has 1 fully saturated rings. The highest BCUT2D eigenvalue weighted by Crippen LogP contribution is 2.13. The fraction of sp³-hybridized carbons (Fsp3) is 0.929. The second-order valence-electron chi connectivity index (χ2n) is 4.79. The van der Waals surface area contributed by atoms with Crippen LogP contribution < -0.4 is 0 Å². The summed E-state index contributed by atoms with van der Waals surface area (Å²) in [6.45, 7) is 4.46. The molecule has 4 nitrogen and oxygen atoms in total. The molecule has 0 aromatic carbocycles. The largest absolute Gasteiger partial charge is 0.379 e. The van der Waals surface area contributed by atoms with Crippen molar-refractivity contribution in [3.63, 3.8) is 0 Å². The van der Waals surface area contributed by atoms with Gasteiger partial charge in [-0.25, -0.2) is 0 Å². The van der Waals surface area contributed by atoms with Crippen LogP contribution in [0.5, 0.6) is 0 Å². The van der Waals surface area contributed by atoms with Gasteiger partial charge >= 0.3 is 0 Å². The average Bonchev–Trinajstić information content (AvgIpc) is 2.37. The first-order chi connectivity index (χ1) is 8.79. The summed E-state index contributed by atoms with van der Waals surface area (Å²) in [7, 11) is 0. The number of hydrogen-bond donors (Lipinski definition) is 0. The molecule has 1 saturated heterocycles. The molecule has 1 rings (SSSR count). The van der Waals surface area contributed by atoms with Crippen LogP contribution in [-0.4, -0.2) is 38.5 Å². The fourth-order valence-electron chi connectivity index (χ4n) is 1.94. The lowest BCUT2D eigenvalue weighted by Crippen LogP contribution is -2.24. The van der Waals surface area contributed by atoms with E-state index in [1.807, 2.05) is 0 Å². The molecule has 0 spiro atoms. The monoisotopic (exact) mass is 258 g/mol. The Labute approximate surface area is 110 Å². The molecule has 106 valence electrons. The van der Waals surface area contributed by atoms with E-state index < -0.39 is 0 Å². The molecule has 0 aromatic heterocycles. The topological polar surface area (TPSA) is 44.8 Å². The van der Waals surface area contributed by atoms with E-state index >= 15 is 0 Å². The van der Waals surface area contributed by atoms with Crippen molar-refractivity contribution in [3.05, 3.63) is 0 Å². The Morgan fingerprint density at radius 1 is 1.17 bits per heavy atom. The van der Waals surface area contributed by atoms with E-state index in [0.717, 1.165) is 45.3 Å². The van der Waals surface area contributed by atoms with E-state index in [4.69, 9.17) is 14.2 Å². The highest BCUT2D eigenvalue weighted by atomic mass is 16.7. The lowest BCUT2D eigenvalue weighted by molar-refractivity contribution is -0.169. The lowest BCUT2D eigenvalue weighted by Gasteiger charge is -2.22. The Hall–Kier alpha value is -0.450. The summed E-state index contributed by atoms with van der Waals surface area (Å²) >= 11 is 0. The third-order valence-corrected chi connectivity index (χ3v) is 2.99. The molecule has 1 aliphatic rings. The molecule has 1 atom stereocenters. The molecule has 0 saturated carbocycles. The van der Waals surface area contributed by atoms with Crippen LogP contribution in [0.4, 0.5) is 0 Å². The van der Waals surface area contributed by atoms with Gasteiger partial charge in [-0.15, -0.1) is 0 Å². The molecule has 0 radical (unpaired) electrons. The van der Waals surface area contributed by atoms with Crippen LogP contribution in [0, 0.1) is 0 Å². The molecule has 4 heteroatoms. The minimum absolute atomic E-state index is 0.0158. The van der Waals surface area contributed by atoms with Gasteiger partial charge in [-0.1, -0.05) is 6.42 Å². The number of carbonyl (C=O) groups is 1. The van der Waals surface area contributed by atoms with Crippen molar-refractivity contribution in [1.29, 1.82) is 0 Å². The smallest absolute Gasteiger partial charge is 0.157 e. The van der Waals surface area contributed by atoms with Gasteiger partial charge in [0.1, 0.15) is 5.78 Å². The van der Waals surface area contributed by atoms with Crippen molar-refractivity contribution in [2.24, 2.45) is 0 Å². The van der Waals surface area contributed by atoms with Crippen LogP contribution in [0.15, 0.2) is 0 Å². The Kier molecular flexibility index (Phi) is 9.08. The molecule has 1 heterocycles. The third kappa shape index (κ3) is 8.61. The summed E-state index contributed by atoms with van der Waals surface area (Å²) in [5, 5.41) is 0. The van der Waals surface area contributed by atoms with E-state index in [1.165, 1.54) is 6.42 Å². The van der Waals surface area contributed by atoms with Gasteiger partial charge in [0.2, 0.25) is 0 Å². The van der Waals surface area contributed by atoms with Gasteiger partial charge in [-0.2, -0.15) is 0 Å². The summed E-state index contributed by atoms with van der Waals surface area (Å²) in [6, 6.07) is 0. The summed E-state index contributed by atoms with van der Waals surface area (Å²) in [6.07, 6.45) is 7.09. The number of hydrogen-bond acceptors (Lipinski definition) is 4. The first kappa shape index (κ1) is 15.6. The van der Waals surface area contributed by atoms with Crippen molar-refractivity contribution in [2.45, 2.75) is 58.2 Å². The number of ether oxygens (including phenoxy) is 3. The van der Waals surface area contributed by atoms with Crippen LogP contribution in [0.25, 0.3) is 0 Å². The van der Waals surface area contributed by atoms with Crippen molar-refractivity contribution in [1.82, 2.24) is 0 Å². The zero-order valence-corrected chi connectivity index (χ0v) is 11.5. The lowest BCUT2D eigenvalue weighted by atomic mass is 10.1. The minimum Gasteiger partial charge on any atom is -0.379 e. The first-order valence-electron chi connectivity index (χ1n) is 7.09. The van der Waals surface area contributed by atoms with Crippen LogP contribution >= 0.6 is 0 Å². The van der Waals surface area contributed by atoms with Gasteiger partial charge in [-0.3, -0.25) is 0 Å². The quantitative estimate of drug-likeness (QED) is 0.565. The van der Waals surface area contributed by atoms with Gasteiger partial charge in [0.15, 0.2) is 6.29 Å². The van der Waals surface area contributed by atoms with E-state index in [2.05, 4.69) is 0 Å².